The van der Waals surface area contributed by atoms with Gasteiger partial charge in [-0.2, -0.15) is 0 Å². The van der Waals surface area contributed by atoms with E-state index in [4.69, 9.17) is 0 Å². The second-order valence-corrected chi connectivity index (χ2v) is 2.90. The fourth-order valence-corrected chi connectivity index (χ4v) is 1.11. The predicted molar refractivity (Wildman–Crippen MR) is 43.3 cm³/mol. The minimum absolute atomic E-state index is 0.231. The van der Waals surface area contributed by atoms with Crippen LogP contribution in [0.1, 0.15) is 13.3 Å². The zero-order valence-electron chi connectivity index (χ0n) is 6.69. The van der Waals surface area contributed by atoms with Crippen molar-refractivity contribution in [1.29, 1.82) is 0 Å². The van der Waals surface area contributed by atoms with Gasteiger partial charge in [0.2, 0.25) is 0 Å². The number of allylic oxidation sites excluding steroid dienone is 2. The van der Waals surface area contributed by atoms with Crippen LogP contribution >= 0.6 is 0 Å². The first-order valence-corrected chi connectivity index (χ1v) is 3.58. The Bertz CT molecular complexity index is 280. The highest BCUT2D eigenvalue weighted by Gasteiger charge is 2.41. The Kier molecular flexibility index (Phi) is 2.08. The molecule has 4 nitrogen and oxygen atoms in total. The fraction of sp³-hybridized carbons (Fsp3) is 0.375. The molecule has 4 heteroatoms. The average molecular weight is 167 g/mol. The molecule has 0 aromatic rings. The van der Waals surface area contributed by atoms with Gasteiger partial charge >= 0.3 is 0 Å². The molecule has 0 bridgehead atoms. The SMILES string of the molecule is CC1([N+](=O)[O-])CC=CC=C1C=O. The molecule has 12 heavy (non-hydrogen) atoms. The summed E-state index contributed by atoms with van der Waals surface area (Å²) in [5.74, 6) is 0. The molecule has 1 atom stereocenters. The maximum absolute atomic E-state index is 10.6. The maximum atomic E-state index is 10.6. The van der Waals surface area contributed by atoms with Gasteiger partial charge in [0, 0.05) is 18.3 Å². The van der Waals surface area contributed by atoms with Gasteiger partial charge in [0.05, 0.1) is 5.57 Å². The van der Waals surface area contributed by atoms with Crippen LogP contribution < -0.4 is 0 Å². The van der Waals surface area contributed by atoms with E-state index >= 15 is 0 Å². The smallest absolute Gasteiger partial charge is 0.250 e. The Morgan fingerprint density at radius 1 is 1.75 bits per heavy atom. The van der Waals surface area contributed by atoms with Crippen molar-refractivity contribution in [3.05, 3.63) is 33.9 Å². The molecular formula is C8H9NO3. The van der Waals surface area contributed by atoms with E-state index in [0.717, 1.165) is 0 Å². The van der Waals surface area contributed by atoms with Crippen LogP contribution in [0, 0.1) is 10.1 Å². The number of carbonyl (C=O) groups is 1. The number of nitro groups is 1. The van der Waals surface area contributed by atoms with E-state index in [9.17, 15) is 14.9 Å². The lowest BCUT2D eigenvalue weighted by Gasteiger charge is -2.20. The molecule has 0 heterocycles. The van der Waals surface area contributed by atoms with Crippen molar-refractivity contribution in [2.45, 2.75) is 18.9 Å². The lowest BCUT2D eigenvalue weighted by molar-refractivity contribution is -0.551. The molecule has 0 aromatic heterocycles. The molecule has 0 spiro atoms. The molecule has 0 radical (unpaired) electrons. The van der Waals surface area contributed by atoms with Crippen LogP contribution in [0.25, 0.3) is 0 Å². The van der Waals surface area contributed by atoms with Crippen LogP contribution in [-0.2, 0) is 4.79 Å². The number of carbonyl (C=O) groups excluding carboxylic acids is 1. The average Bonchev–Trinajstić information content (AvgIpc) is 2.05. The maximum Gasteiger partial charge on any atom is 0.250 e. The molecule has 1 unspecified atom stereocenters. The van der Waals surface area contributed by atoms with Crippen LogP contribution in [0.3, 0.4) is 0 Å². The second-order valence-electron chi connectivity index (χ2n) is 2.90. The molecule has 64 valence electrons. The molecule has 0 amide bonds. The van der Waals surface area contributed by atoms with Gasteiger partial charge in [-0.05, 0) is 6.08 Å². The monoisotopic (exact) mass is 167 g/mol. The van der Waals surface area contributed by atoms with Crippen LogP contribution in [-0.4, -0.2) is 16.7 Å². The summed E-state index contributed by atoms with van der Waals surface area (Å²) in [6.45, 7) is 1.46. The van der Waals surface area contributed by atoms with E-state index in [1.165, 1.54) is 13.0 Å². The van der Waals surface area contributed by atoms with Crippen molar-refractivity contribution >= 4 is 6.29 Å². The normalized spacial score (nSPS) is 27.9. The Hall–Kier alpha value is -1.45. The topological polar surface area (TPSA) is 60.2 Å². The first-order chi connectivity index (χ1) is 5.61. The summed E-state index contributed by atoms with van der Waals surface area (Å²) in [7, 11) is 0. The standard InChI is InChI=1S/C8H9NO3/c1-8(9(11)12)5-3-2-4-7(8)6-10/h2-4,6H,5H2,1H3. The van der Waals surface area contributed by atoms with Gasteiger partial charge in [0.25, 0.3) is 5.54 Å². The summed E-state index contributed by atoms with van der Waals surface area (Å²) >= 11 is 0. The van der Waals surface area contributed by atoms with Gasteiger partial charge in [0.15, 0.2) is 6.29 Å². The largest absolute Gasteiger partial charge is 0.298 e. The molecule has 1 aliphatic carbocycles. The molecule has 0 fully saturated rings. The lowest BCUT2D eigenvalue weighted by Crippen LogP contribution is -2.38. The van der Waals surface area contributed by atoms with E-state index in [0.29, 0.717) is 6.29 Å². The Morgan fingerprint density at radius 2 is 2.42 bits per heavy atom. The summed E-state index contributed by atoms with van der Waals surface area (Å²) in [4.78, 5) is 20.7. The summed E-state index contributed by atoms with van der Waals surface area (Å²) in [6, 6.07) is 0. The van der Waals surface area contributed by atoms with Crippen molar-refractivity contribution < 1.29 is 9.72 Å². The van der Waals surface area contributed by atoms with Crippen molar-refractivity contribution in [1.82, 2.24) is 0 Å². The summed E-state index contributed by atoms with van der Waals surface area (Å²) < 4.78 is 0. The van der Waals surface area contributed by atoms with Crippen molar-refractivity contribution in [2.24, 2.45) is 0 Å². The molecular weight excluding hydrogens is 158 g/mol. The highest BCUT2D eigenvalue weighted by molar-refractivity contribution is 5.77. The number of aldehydes is 1. The summed E-state index contributed by atoms with van der Waals surface area (Å²) in [5.41, 5.74) is -0.994. The minimum atomic E-state index is -1.23. The quantitative estimate of drug-likeness (QED) is 0.351. The molecule has 0 saturated heterocycles. The first-order valence-electron chi connectivity index (χ1n) is 3.58. The first kappa shape index (κ1) is 8.64. The van der Waals surface area contributed by atoms with E-state index in [2.05, 4.69) is 0 Å². The molecule has 1 aliphatic rings. The summed E-state index contributed by atoms with van der Waals surface area (Å²) in [6.07, 6.45) is 5.67. The highest BCUT2D eigenvalue weighted by Crippen LogP contribution is 2.26. The van der Waals surface area contributed by atoms with Crippen LogP contribution in [0.4, 0.5) is 0 Å². The Labute approximate surface area is 69.7 Å². The van der Waals surface area contributed by atoms with Gasteiger partial charge in [0.1, 0.15) is 0 Å². The number of nitrogens with zero attached hydrogens (tertiary/aromatic N) is 1. The molecule has 0 aliphatic heterocycles. The van der Waals surface area contributed by atoms with Gasteiger partial charge in [-0.3, -0.25) is 14.9 Å². The number of hydrogen-bond donors (Lipinski definition) is 0. The second kappa shape index (κ2) is 2.89. The van der Waals surface area contributed by atoms with Gasteiger partial charge < -0.3 is 0 Å². The molecule has 0 aromatic carbocycles. The minimum Gasteiger partial charge on any atom is -0.298 e. The molecule has 0 saturated carbocycles. The van der Waals surface area contributed by atoms with Crippen molar-refractivity contribution in [2.75, 3.05) is 0 Å². The third kappa shape index (κ3) is 1.15. The van der Waals surface area contributed by atoms with Crippen LogP contribution in [0.5, 0.6) is 0 Å². The lowest BCUT2D eigenvalue weighted by atomic mass is 9.86. The Balaban J connectivity index is 3.06. The predicted octanol–water partition coefficient (Wildman–Crippen LogP) is 1.11. The van der Waals surface area contributed by atoms with Gasteiger partial charge in [-0.15, -0.1) is 0 Å². The molecule has 1 rings (SSSR count). The summed E-state index contributed by atoms with van der Waals surface area (Å²) in [5, 5.41) is 10.6. The Morgan fingerprint density at radius 3 is 2.83 bits per heavy atom. The van der Waals surface area contributed by atoms with Gasteiger partial charge in [-0.25, -0.2) is 0 Å². The van der Waals surface area contributed by atoms with E-state index in [-0.39, 0.29) is 12.0 Å². The fourth-order valence-electron chi connectivity index (χ4n) is 1.11. The molecule has 0 N–H and O–H groups in total. The zero-order valence-corrected chi connectivity index (χ0v) is 6.69. The van der Waals surface area contributed by atoms with E-state index < -0.39 is 10.5 Å². The van der Waals surface area contributed by atoms with E-state index in [1.54, 1.807) is 12.2 Å². The van der Waals surface area contributed by atoms with Crippen LogP contribution in [0.15, 0.2) is 23.8 Å². The van der Waals surface area contributed by atoms with Crippen LogP contribution in [0.2, 0.25) is 0 Å². The van der Waals surface area contributed by atoms with Gasteiger partial charge in [-0.1, -0.05) is 12.2 Å². The number of hydrogen-bond acceptors (Lipinski definition) is 3. The third-order valence-corrected chi connectivity index (χ3v) is 2.08. The third-order valence-electron chi connectivity index (χ3n) is 2.08. The number of rotatable bonds is 2. The van der Waals surface area contributed by atoms with E-state index in [1.807, 2.05) is 0 Å². The van der Waals surface area contributed by atoms with Crippen molar-refractivity contribution in [3.8, 4) is 0 Å². The zero-order chi connectivity index (χ0) is 9.19. The van der Waals surface area contributed by atoms with Crippen molar-refractivity contribution in [3.63, 3.8) is 0 Å². The highest BCUT2D eigenvalue weighted by atomic mass is 16.6.